The van der Waals surface area contributed by atoms with Gasteiger partial charge < -0.3 is 28.8 Å². The lowest BCUT2D eigenvalue weighted by atomic mass is 10.0. The van der Waals surface area contributed by atoms with Gasteiger partial charge in [0.2, 0.25) is 5.91 Å². The van der Waals surface area contributed by atoms with Gasteiger partial charge >= 0.3 is 0 Å². The third-order valence-corrected chi connectivity index (χ3v) is 9.92. The van der Waals surface area contributed by atoms with E-state index in [4.69, 9.17) is 9.05 Å². The summed E-state index contributed by atoms with van der Waals surface area (Å²) in [6.45, 7) is 4.53. The van der Waals surface area contributed by atoms with Crippen LogP contribution in [0.1, 0.15) is 155 Å². The van der Waals surface area contributed by atoms with Crippen LogP contribution in [-0.2, 0) is 18.4 Å². The van der Waals surface area contributed by atoms with Crippen molar-refractivity contribution in [3.63, 3.8) is 0 Å². The Labute approximate surface area is 332 Å². The van der Waals surface area contributed by atoms with Gasteiger partial charge in [-0.25, -0.2) is 0 Å². The lowest BCUT2D eigenvalue weighted by Gasteiger charge is -2.30. The van der Waals surface area contributed by atoms with E-state index in [1.807, 2.05) is 21.1 Å². The van der Waals surface area contributed by atoms with E-state index >= 15 is 0 Å². The molecule has 0 saturated heterocycles. The molecule has 1 amide bonds. The zero-order valence-corrected chi connectivity index (χ0v) is 36.0. The standard InChI is InChI=1S/C45H81N2O6P/c1-6-8-10-12-14-16-18-19-20-21-22-23-24-25-26-27-29-31-33-35-37-39-45(49)46-43(42-53-54(50,51)52-41-40-47(3,4)5)44(48)38-36-34-32-30-28-17-15-13-11-9-7-2/h8,10,14,16,19-20,22-23,25-26,29,31,43-44,48H,6-7,9,11-13,15,17-18,21,24,27-28,30,32-42H2,1-5H3,(H-,46,49,50,51)/b10-8-,16-14-,20-19-,23-22-,26-25-,31-29-. The maximum absolute atomic E-state index is 12.8. The summed E-state index contributed by atoms with van der Waals surface area (Å²) in [5, 5.41) is 13.8. The first-order chi connectivity index (χ1) is 26.0. The molecule has 0 radical (unpaired) electrons. The van der Waals surface area contributed by atoms with Crippen LogP contribution in [0.25, 0.3) is 0 Å². The second-order valence-electron chi connectivity index (χ2n) is 15.3. The number of phosphoric ester groups is 1. The van der Waals surface area contributed by atoms with Crippen LogP contribution in [0, 0.1) is 0 Å². The van der Waals surface area contributed by atoms with Gasteiger partial charge in [-0.3, -0.25) is 9.36 Å². The first-order valence-corrected chi connectivity index (χ1v) is 22.7. The molecule has 0 aliphatic carbocycles. The van der Waals surface area contributed by atoms with Gasteiger partial charge in [-0.05, 0) is 64.2 Å². The molecular weight excluding hydrogens is 695 g/mol. The van der Waals surface area contributed by atoms with E-state index in [2.05, 4.69) is 92.1 Å². The van der Waals surface area contributed by atoms with Crippen molar-refractivity contribution in [3.05, 3.63) is 72.9 Å². The zero-order valence-electron chi connectivity index (χ0n) is 35.1. The molecule has 0 fully saturated rings. The molecule has 0 bridgehead atoms. The highest BCUT2D eigenvalue weighted by molar-refractivity contribution is 7.45. The maximum Gasteiger partial charge on any atom is 0.268 e. The summed E-state index contributed by atoms with van der Waals surface area (Å²) in [6, 6.07) is -0.826. The summed E-state index contributed by atoms with van der Waals surface area (Å²) >= 11 is 0. The van der Waals surface area contributed by atoms with Gasteiger partial charge in [0.1, 0.15) is 13.2 Å². The predicted molar refractivity (Wildman–Crippen MR) is 228 cm³/mol. The molecule has 0 aromatic heterocycles. The first-order valence-electron chi connectivity index (χ1n) is 21.3. The van der Waals surface area contributed by atoms with Crippen LogP contribution in [0.5, 0.6) is 0 Å². The Morgan fingerprint density at radius 2 is 1.13 bits per heavy atom. The third-order valence-electron chi connectivity index (χ3n) is 8.96. The predicted octanol–water partition coefficient (Wildman–Crippen LogP) is 11.0. The van der Waals surface area contributed by atoms with E-state index < -0.39 is 20.0 Å². The molecule has 0 saturated carbocycles. The number of phosphoric acid groups is 1. The van der Waals surface area contributed by atoms with Crippen LogP contribution < -0.4 is 10.2 Å². The number of nitrogens with zero attached hydrogens (tertiary/aromatic N) is 1. The second-order valence-corrected chi connectivity index (χ2v) is 16.7. The van der Waals surface area contributed by atoms with Gasteiger partial charge in [0, 0.05) is 6.42 Å². The molecule has 0 aliphatic rings. The molecule has 3 unspecified atom stereocenters. The first kappa shape index (κ1) is 51.9. The van der Waals surface area contributed by atoms with Crippen LogP contribution >= 0.6 is 7.82 Å². The van der Waals surface area contributed by atoms with E-state index in [1.165, 1.54) is 51.4 Å². The quantitative estimate of drug-likeness (QED) is 0.0281. The summed E-state index contributed by atoms with van der Waals surface area (Å²) in [5.41, 5.74) is 0. The zero-order chi connectivity index (χ0) is 40.0. The summed E-state index contributed by atoms with van der Waals surface area (Å²) in [6.07, 6.45) is 47.6. The van der Waals surface area contributed by atoms with Crippen molar-refractivity contribution >= 4 is 13.7 Å². The van der Waals surface area contributed by atoms with E-state index in [0.29, 0.717) is 30.3 Å². The summed E-state index contributed by atoms with van der Waals surface area (Å²) in [5.74, 6) is -0.212. The normalized spacial score (nSPS) is 15.2. The Bertz CT molecular complexity index is 1110. The molecule has 0 aromatic rings. The SMILES string of the molecule is CC/C=C\C/C=C\C/C=C\C/C=C\C/C=C\C/C=C\CCCCC(=O)NC(COP(=O)([O-])OCC[N+](C)(C)C)C(O)CCCCCCCCCCCCC. The molecule has 9 heteroatoms. The molecule has 0 aliphatic heterocycles. The highest BCUT2D eigenvalue weighted by Gasteiger charge is 2.24. The molecule has 0 heterocycles. The highest BCUT2D eigenvalue weighted by atomic mass is 31.2. The second kappa shape index (κ2) is 36.6. The fourth-order valence-electron chi connectivity index (χ4n) is 5.57. The number of nitrogens with one attached hydrogen (secondary N) is 1. The topological polar surface area (TPSA) is 108 Å². The Morgan fingerprint density at radius 3 is 1.61 bits per heavy atom. The maximum atomic E-state index is 12.8. The number of rotatable bonds is 37. The van der Waals surface area contributed by atoms with E-state index in [9.17, 15) is 19.4 Å². The monoisotopic (exact) mass is 777 g/mol. The third kappa shape index (κ3) is 38.2. The number of carbonyl (C=O) groups is 1. The molecule has 54 heavy (non-hydrogen) atoms. The summed E-state index contributed by atoms with van der Waals surface area (Å²) in [4.78, 5) is 25.3. The Morgan fingerprint density at radius 1 is 0.667 bits per heavy atom. The average molecular weight is 777 g/mol. The van der Waals surface area contributed by atoms with Crippen molar-refractivity contribution in [2.24, 2.45) is 0 Å². The number of aliphatic hydroxyl groups is 1. The molecule has 312 valence electrons. The smallest absolute Gasteiger partial charge is 0.268 e. The number of carbonyl (C=O) groups excluding carboxylic acids is 1. The van der Waals surface area contributed by atoms with Crippen molar-refractivity contribution in [3.8, 4) is 0 Å². The summed E-state index contributed by atoms with van der Waals surface area (Å²) in [7, 11) is 1.26. The van der Waals surface area contributed by atoms with Crippen LogP contribution in [0.4, 0.5) is 0 Å². The number of amides is 1. The lowest BCUT2D eigenvalue weighted by molar-refractivity contribution is -0.870. The minimum atomic E-state index is -4.58. The molecule has 2 N–H and O–H groups in total. The van der Waals surface area contributed by atoms with Gasteiger partial charge in [-0.2, -0.15) is 0 Å². The highest BCUT2D eigenvalue weighted by Crippen LogP contribution is 2.38. The fraction of sp³-hybridized carbons (Fsp3) is 0.711. The molecule has 8 nitrogen and oxygen atoms in total. The van der Waals surface area contributed by atoms with E-state index in [1.54, 1.807) is 0 Å². The summed E-state index contributed by atoms with van der Waals surface area (Å²) < 4.78 is 23.2. The minimum absolute atomic E-state index is 0.000633. The van der Waals surface area contributed by atoms with E-state index in [0.717, 1.165) is 70.6 Å². The lowest BCUT2D eigenvalue weighted by Crippen LogP contribution is -2.46. The van der Waals surface area contributed by atoms with Crippen molar-refractivity contribution in [2.45, 2.75) is 167 Å². The number of aliphatic hydroxyl groups excluding tert-OH is 1. The number of hydrogen-bond donors (Lipinski definition) is 2. The minimum Gasteiger partial charge on any atom is -0.756 e. The molecule has 0 rings (SSSR count). The van der Waals surface area contributed by atoms with Crippen molar-refractivity contribution in [2.75, 3.05) is 40.9 Å². The van der Waals surface area contributed by atoms with Crippen molar-refractivity contribution in [1.29, 1.82) is 0 Å². The Balaban J connectivity index is 4.47. The largest absolute Gasteiger partial charge is 0.756 e. The van der Waals surface area contributed by atoms with Crippen LogP contribution in [0.2, 0.25) is 0 Å². The fourth-order valence-corrected chi connectivity index (χ4v) is 6.29. The Hall–Kier alpha value is -2.06. The molecule has 0 spiro atoms. The number of allylic oxidation sites excluding steroid dienone is 12. The van der Waals surface area contributed by atoms with Crippen LogP contribution in [0.15, 0.2) is 72.9 Å². The Kier molecular flexibility index (Phi) is 35.2. The molecule has 3 atom stereocenters. The number of hydrogen-bond acceptors (Lipinski definition) is 6. The van der Waals surface area contributed by atoms with Gasteiger partial charge in [0.15, 0.2) is 0 Å². The van der Waals surface area contributed by atoms with Gasteiger partial charge in [-0.15, -0.1) is 0 Å². The van der Waals surface area contributed by atoms with Crippen LogP contribution in [-0.4, -0.2) is 68.5 Å². The number of quaternary nitrogens is 1. The van der Waals surface area contributed by atoms with Crippen molar-refractivity contribution in [1.82, 2.24) is 5.32 Å². The van der Waals surface area contributed by atoms with Crippen molar-refractivity contribution < 1.29 is 32.9 Å². The molecule has 0 aromatic carbocycles. The average Bonchev–Trinajstić information content (AvgIpc) is 3.12. The number of unbranched alkanes of at least 4 members (excludes halogenated alkanes) is 12. The van der Waals surface area contributed by atoms with Gasteiger partial charge in [-0.1, -0.05) is 157 Å². The van der Waals surface area contributed by atoms with Gasteiger partial charge in [0.05, 0.1) is 39.9 Å². The van der Waals surface area contributed by atoms with E-state index in [-0.39, 0.29) is 19.1 Å². The number of likely N-dealkylation sites (N-methyl/N-ethyl adjacent to an activating group) is 1. The van der Waals surface area contributed by atoms with Gasteiger partial charge in [0.25, 0.3) is 7.82 Å². The van der Waals surface area contributed by atoms with Crippen LogP contribution in [0.3, 0.4) is 0 Å². The molecular formula is C45H81N2O6P.